The largest absolute Gasteiger partial charge is 0.493 e. The molecule has 538 valence electrons. The van der Waals surface area contributed by atoms with E-state index in [-0.39, 0.29) is 25.2 Å². The van der Waals surface area contributed by atoms with Crippen LogP contribution in [0.25, 0.3) is 42.0 Å². The minimum absolute atomic E-state index is 0.263. The van der Waals surface area contributed by atoms with Crippen LogP contribution < -0.4 is 28.4 Å². The fraction of sp³-hybridized carbons (Fsp3) is 0.707. The summed E-state index contributed by atoms with van der Waals surface area (Å²) in [7, 11) is 0. The predicted octanol–water partition coefficient (Wildman–Crippen LogP) is 25.2. The molecule has 0 saturated heterocycles. The predicted molar refractivity (Wildman–Crippen MR) is 401 cm³/mol. The first-order valence-corrected chi connectivity index (χ1v) is 41.0. The molecule has 0 amide bonds. The monoisotopic (exact) mass is 1360 g/mol. The maximum Gasteiger partial charge on any atom is 0.359 e. The lowest BCUT2D eigenvalue weighted by atomic mass is 10.1. The van der Waals surface area contributed by atoms with Gasteiger partial charge in [-0.05, 0) is 75.9 Å². The van der Waals surface area contributed by atoms with Crippen LogP contribution >= 0.6 is 22.7 Å². The molecule has 0 bridgehead atoms. The summed E-state index contributed by atoms with van der Waals surface area (Å²) < 4.78 is 56.5. The highest BCUT2D eigenvalue weighted by Crippen LogP contribution is 2.53. The third-order valence-corrected chi connectivity index (χ3v) is 21.4. The lowest BCUT2D eigenvalue weighted by Crippen LogP contribution is -2.15. The van der Waals surface area contributed by atoms with E-state index < -0.39 is 0 Å². The van der Waals surface area contributed by atoms with Crippen molar-refractivity contribution in [3.8, 4) is 76.5 Å². The Morgan fingerprint density at radius 2 is 0.625 bits per heavy atom. The van der Waals surface area contributed by atoms with Crippen LogP contribution in [0.15, 0.2) is 36.4 Å². The highest BCUT2D eigenvalue weighted by Gasteiger charge is 2.36. The Balaban J connectivity index is 1.27. The molecule has 14 heteroatoms. The number of thiophene rings is 2. The molecule has 0 atom stereocenters. The van der Waals surface area contributed by atoms with Crippen LogP contribution in [0.5, 0.6) is 34.5 Å². The normalized spacial score (nSPS) is 12.9. The van der Waals surface area contributed by atoms with Crippen LogP contribution in [0.3, 0.4) is 0 Å². The van der Waals surface area contributed by atoms with Crippen LogP contribution in [-0.4, -0.2) is 73.9 Å². The van der Waals surface area contributed by atoms with E-state index in [2.05, 4.69) is 73.2 Å². The van der Waals surface area contributed by atoms with Gasteiger partial charge in [-0.3, -0.25) is 0 Å². The van der Waals surface area contributed by atoms with Gasteiger partial charge in [-0.2, -0.15) is 0 Å². The maximum atomic E-state index is 14.2. The zero-order valence-corrected chi connectivity index (χ0v) is 62.7. The van der Waals surface area contributed by atoms with E-state index in [4.69, 9.17) is 37.9 Å². The van der Waals surface area contributed by atoms with Crippen LogP contribution in [0, 0.1) is 0 Å². The molecular formula is C82H128N2O10S2. The molecule has 2 aliphatic heterocycles. The number of nitrogens with zero attached hydrogens (tertiary/aromatic N) is 2. The van der Waals surface area contributed by atoms with E-state index in [9.17, 15) is 9.59 Å². The molecule has 0 spiro atoms. The molecule has 0 radical (unpaired) electrons. The molecule has 2 aliphatic rings. The van der Waals surface area contributed by atoms with Crippen molar-refractivity contribution in [2.75, 3.05) is 52.9 Å². The average Bonchev–Trinajstić information content (AvgIpc) is 1.59. The quantitative estimate of drug-likeness (QED) is 0.0275. The number of carbonyl (C=O) groups is 2. The first-order valence-electron chi connectivity index (χ1n) is 39.4. The highest BCUT2D eigenvalue weighted by atomic mass is 32.1. The van der Waals surface area contributed by atoms with Gasteiger partial charge < -0.3 is 47.0 Å². The third-order valence-electron chi connectivity index (χ3n) is 19.1. The Hall–Kier alpha value is -5.08. The number of hydrogen-bond acceptors (Lipinski definition) is 12. The molecule has 96 heavy (non-hydrogen) atoms. The Morgan fingerprint density at radius 3 is 0.927 bits per heavy atom. The van der Waals surface area contributed by atoms with E-state index in [1.165, 1.54) is 193 Å². The number of fused-ring (bicyclic) bond motifs is 2. The highest BCUT2D eigenvalue weighted by molar-refractivity contribution is 7.19. The summed E-state index contributed by atoms with van der Waals surface area (Å²) in [4.78, 5) is 32.5. The average molecular weight is 1370 g/mol. The van der Waals surface area contributed by atoms with Crippen molar-refractivity contribution in [2.24, 2.45) is 0 Å². The molecule has 7 rings (SSSR count). The molecule has 0 aliphatic carbocycles. The first kappa shape index (κ1) is 78.3. The van der Waals surface area contributed by atoms with E-state index >= 15 is 0 Å². The van der Waals surface area contributed by atoms with Gasteiger partial charge in [-0.25, -0.2) is 9.59 Å². The summed E-state index contributed by atoms with van der Waals surface area (Å²) in [5, 5.41) is 0. The molecule has 1 aromatic carbocycles. The molecule has 12 nitrogen and oxygen atoms in total. The molecule has 4 aromatic heterocycles. The van der Waals surface area contributed by atoms with Crippen LogP contribution in [0.2, 0.25) is 0 Å². The molecule has 0 unspecified atom stereocenters. The lowest BCUT2D eigenvalue weighted by molar-refractivity contribution is 0.0499. The molecule has 5 aromatic rings. The minimum Gasteiger partial charge on any atom is -0.493 e. The van der Waals surface area contributed by atoms with E-state index in [0.717, 1.165) is 131 Å². The van der Waals surface area contributed by atoms with Crippen molar-refractivity contribution >= 4 is 34.6 Å². The standard InChI is InChI=1S/C82H128N2O10S2/c1-7-13-17-21-25-29-33-37-41-45-55-83-73(77-79(93-61-49-59-91-77)75(83)81(85)87-11-5)71-53-51-69(95-71)65-63-68(90-58-48-44-40-36-32-28-24-20-16-10-4)66(64-67(65)89-57-47-43-39-35-31-27-23-19-15-9-3)70-52-54-72(96-70)74-78-80(94-62-50-60-92-78)76(82(86)88-12-6)84(74)56-46-42-38-34-30-26-22-18-14-8-2/h51-54,63-64H,7-50,55-62H2,1-6H3. The fourth-order valence-electron chi connectivity index (χ4n) is 13.7. The van der Waals surface area contributed by atoms with Gasteiger partial charge in [0.15, 0.2) is 34.4 Å². The number of benzene rings is 1. The number of hydrogen-bond donors (Lipinski definition) is 0. The van der Waals surface area contributed by atoms with Gasteiger partial charge >= 0.3 is 11.9 Å². The fourth-order valence-corrected chi connectivity index (χ4v) is 15.9. The topological polar surface area (TPSA) is 118 Å². The Labute approximate surface area is 589 Å². The number of carbonyl (C=O) groups excluding carboxylic acids is 2. The van der Waals surface area contributed by atoms with Crippen LogP contribution in [-0.2, 0) is 22.6 Å². The molecule has 0 saturated carbocycles. The number of esters is 2. The Kier molecular flexibility index (Phi) is 38.4. The van der Waals surface area contributed by atoms with Gasteiger partial charge in [0.1, 0.15) is 22.9 Å². The second-order valence-corrected chi connectivity index (χ2v) is 29.3. The summed E-state index contributed by atoms with van der Waals surface area (Å²) in [6.45, 7) is 17.7. The zero-order valence-electron chi connectivity index (χ0n) is 61.0. The van der Waals surface area contributed by atoms with E-state index in [1.54, 1.807) is 22.7 Å². The number of aromatic nitrogens is 2. The van der Waals surface area contributed by atoms with E-state index in [1.807, 2.05) is 13.8 Å². The van der Waals surface area contributed by atoms with Crippen molar-refractivity contribution in [1.82, 2.24) is 9.13 Å². The summed E-state index contributed by atoms with van der Waals surface area (Å²) in [6.07, 6.45) is 50.7. The second-order valence-electron chi connectivity index (χ2n) is 27.2. The van der Waals surface area contributed by atoms with Gasteiger partial charge in [0.05, 0.1) is 62.6 Å². The third kappa shape index (κ3) is 25.3. The summed E-state index contributed by atoms with van der Waals surface area (Å²) in [5.41, 5.74) is 4.56. The van der Waals surface area contributed by atoms with Crippen molar-refractivity contribution in [3.63, 3.8) is 0 Å². The number of rotatable bonds is 54. The van der Waals surface area contributed by atoms with Gasteiger partial charge in [-0.1, -0.05) is 259 Å². The van der Waals surface area contributed by atoms with Crippen molar-refractivity contribution in [3.05, 3.63) is 47.8 Å². The molecule has 0 fully saturated rings. The summed E-state index contributed by atoms with van der Waals surface area (Å²) >= 11 is 3.38. The SMILES string of the molecule is CCCCCCCCCCCCOc1cc(-c2ccc(-c3c4c(c(C(=O)OCC)n3CCCCCCCCCCCC)OCCCO4)s2)c(OCCCCCCCCCCCC)cc1-c1ccc(-c2c3c(c(C(=O)OCC)n2CCCCCCCCCCCC)OCCCO3)s1. The Morgan fingerprint density at radius 1 is 0.354 bits per heavy atom. The molecule has 0 N–H and O–H groups in total. The van der Waals surface area contributed by atoms with Crippen LogP contribution in [0.1, 0.15) is 332 Å². The Bertz CT molecular complexity index is 2740. The van der Waals surface area contributed by atoms with Crippen molar-refractivity contribution < 1.29 is 47.5 Å². The number of ether oxygens (including phenoxy) is 8. The van der Waals surface area contributed by atoms with Crippen LogP contribution in [0.4, 0.5) is 0 Å². The smallest absolute Gasteiger partial charge is 0.359 e. The summed E-state index contributed by atoms with van der Waals surface area (Å²) in [6, 6.07) is 13.3. The van der Waals surface area contributed by atoms with E-state index in [0.29, 0.717) is 87.1 Å². The lowest BCUT2D eigenvalue weighted by Gasteiger charge is -2.17. The van der Waals surface area contributed by atoms with Crippen molar-refractivity contribution in [1.29, 1.82) is 0 Å². The minimum atomic E-state index is -0.383. The second kappa shape index (κ2) is 47.1. The van der Waals surface area contributed by atoms with Gasteiger partial charge in [0.2, 0.25) is 0 Å². The van der Waals surface area contributed by atoms with Gasteiger partial charge in [0, 0.05) is 46.8 Å². The summed E-state index contributed by atoms with van der Waals surface area (Å²) in [5.74, 6) is 3.07. The first-order chi connectivity index (χ1) is 47.4. The number of unbranched alkanes of at least 4 members (excludes halogenated alkanes) is 36. The maximum absolute atomic E-state index is 14.2. The van der Waals surface area contributed by atoms with Gasteiger partial charge in [0.25, 0.3) is 0 Å². The molecular weight excluding hydrogens is 1240 g/mol. The molecule has 6 heterocycles. The zero-order chi connectivity index (χ0) is 67.6. The van der Waals surface area contributed by atoms with Gasteiger partial charge in [-0.15, -0.1) is 22.7 Å². The van der Waals surface area contributed by atoms with Crippen molar-refractivity contribution in [2.45, 2.75) is 324 Å².